The molecule has 1 unspecified atom stereocenters. The highest BCUT2D eigenvalue weighted by atomic mass is 32.2. The van der Waals surface area contributed by atoms with E-state index in [0.29, 0.717) is 22.4 Å². The van der Waals surface area contributed by atoms with Crippen molar-refractivity contribution < 1.29 is 26.4 Å². The molecule has 3 rings (SSSR count). The second-order valence-electron chi connectivity index (χ2n) is 8.21. The molecule has 1 fully saturated rings. The maximum atomic E-state index is 13.1. The second kappa shape index (κ2) is 8.84. The predicted molar refractivity (Wildman–Crippen MR) is 116 cm³/mol. The zero-order valence-corrected chi connectivity index (χ0v) is 18.8. The summed E-state index contributed by atoms with van der Waals surface area (Å²) >= 11 is 0. The molecule has 0 aliphatic heterocycles. The van der Waals surface area contributed by atoms with Crippen molar-refractivity contribution in [1.82, 2.24) is 4.90 Å². The smallest absolute Gasteiger partial charge is 0.325 e. The Kier molecular flexibility index (Phi) is 6.69. The Bertz CT molecular complexity index is 1130. The monoisotopic (exact) mass is 469 g/mol. The van der Waals surface area contributed by atoms with Crippen molar-refractivity contribution in [2.24, 2.45) is 5.14 Å². The van der Waals surface area contributed by atoms with Crippen molar-refractivity contribution in [1.29, 1.82) is 0 Å². The molecule has 1 amide bonds. The Labute approximate surface area is 185 Å². The SMILES string of the molecule is Cc1cc(S(N)(=O)=O)cc(NC(=O)CN(C2CC2)C(C)c2cccc(C(F)(F)F)c2)c1C. The minimum Gasteiger partial charge on any atom is -0.325 e. The summed E-state index contributed by atoms with van der Waals surface area (Å²) in [7, 11) is -3.95. The van der Waals surface area contributed by atoms with Crippen molar-refractivity contribution in [2.75, 3.05) is 11.9 Å². The lowest BCUT2D eigenvalue weighted by atomic mass is 10.0. The van der Waals surface area contributed by atoms with Crippen LogP contribution in [0, 0.1) is 13.8 Å². The lowest BCUT2D eigenvalue weighted by Crippen LogP contribution is -2.37. The van der Waals surface area contributed by atoms with Gasteiger partial charge in [-0.05, 0) is 74.6 Å². The van der Waals surface area contributed by atoms with E-state index >= 15 is 0 Å². The molecule has 6 nitrogen and oxygen atoms in total. The molecule has 2 aromatic carbocycles. The van der Waals surface area contributed by atoms with E-state index < -0.39 is 27.8 Å². The Balaban J connectivity index is 1.81. The number of hydrogen-bond acceptors (Lipinski definition) is 4. The molecule has 174 valence electrons. The molecule has 0 aromatic heterocycles. The largest absolute Gasteiger partial charge is 0.416 e. The Hall–Kier alpha value is -2.43. The van der Waals surface area contributed by atoms with Gasteiger partial charge in [0.2, 0.25) is 15.9 Å². The molecule has 0 radical (unpaired) electrons. The summed E-state index contributed by atoms with van der Waals surface area (Å²) in [6.07, 6.45) is -2.73. The second-order valence-corrected chi connectivity index (χ2v) is 9.77. The molecule has 0 heterocycles. The number of rotatable bonds is 7. The van der Waals surface area contributed by atoms with E-state index in [1.807, 2.05) is 4.90 Å². The van der Waals surface area contributed by atoms with Crippen molar-refractivity contribution in [2.45, 2.75) is 56.8 Å². The van der Waals surface area contributed by atoms with Crippen LogP contribution in [0.2, 0.25) is 0 Å². The summed E-state index contributed by atoms with van der Waals surface area (Å²) in [5.41, 5.74) is 1.44. The van der Waals surface area contributed by atoms with Gasteiger partial charge in [0.25, 0.3) is 0 Å². The fraction of sp³-hybridized carbons (Fsp3) is 0.409. The summed E-state index contributed by atoms with van der Waals surface area (Å²) in [5.74, 6) is -0.384. The van der Waals surface area contributed by atoms with Crippen molar-refractivity contribution in [3.05, 3.63) is 58.7 Å². The highest BCUT2D eigenvalue weighted by Gasteiger charge is 2.36. The molecule has 1 aliphatic rings. The van der Waals surface area contributed by atoms with Crippen molar-refractivity contribution in [3.8, 4) is 0 Å². The van der Waals surface area contributed by atoms with Crippen molar-refractivity contribution >= 4 is 21.6 Å². The van der Waals surface area contributed by atoms with Crippen LogP contribution in [0.4, 0.5) is 18.9 Å². The van der Waals surface area contributed by atoms with Gasteiger partial charge in [-0.25, -0.2) is 13.6 Å². The van der Waals surface area contributed by atoms with Gasteiger partial charge in [-0.1, -0.05) is 12.1 Å². The van der Waals surface area contributed by atoms with Crippen LogP contribution >= 0.6 is 0 Å². The van der Waals surface area contributed by atoms with Gasteiger partial charge in [0.05, 0.1) is 17.0 Å². The number of aryl methyl sites for hydroxylation is 1. The molecule has 32 heavy (non-hydrogen) atoms. The standard InChI is InChI=1S/C22H26F3N3O3S/c1-13-9-19(32(26,30)31)11-20(14(13)2)27-21(29)12-28(18-7-8-18)15(3)16-5-4-6-17(10-16)22(23,24)25/h4-6,9-11,15,18H,7-8,12H2,1-3H3,(H,27,29)(H2,26,30,31). The molecule has 0 spiro atoms. The minimum atomic E-state index is -4.44. The number of hydrogen-bond donors (Lipinski definition) is 2. The third-order valence-electron chi connectivity index (χ3n) is 5.78. The normalized spacial score (nSPS) is 15.6. The summed E-state index contributed by atoms with van der Waals surface area (Å²) < 4.78 is 62.8. The Morgan fingerprint density at radius 3 is 2.44 bits per heavy atom. The lowest BCUT2D eigenvalue weighted by molar-refractivity contribution is -0.137. The van der Waals surface area contributed by atoms with E-state index in [-0.39, 0.29) is 23.4 Å². The molecule has 1 aliphatic carbocycles. The molecule has 2 aromatic rings. The summed E-state index contributed by atoms with van der Waals surface area (Å²) in [6, 6.07) is 7.56. The van der Waals surface area contributed by atoms with Crippen LogP contribution in [0.15, 0.2) is 41.3 Å². The molecule has 1 atom stereocenters. The van der Waals surface area contributed by atoms with Gasteiger partial charge < -0.3 is 5.32 Å². The molecule has 1 saturated carbocycles. The van der Waals surface area contributed by atoms with Crippen LogP contribution in [0.1, 0.15) is 48.1 Å². The summed E-state index contributed by atoms with van der Waals surface area (Å²) in [5, 5.41) is 7.96. The lowest BCUT2D eigenvalue weighted by Gasteiger charge is -2.29. The minimum absolute atomic E-state index is 0.0415. The number of anilines is 1. The van der Waals surface area contributed by atoms with Gasteiger partial charge in [0.15, 0.2) is 0 Å². The van der Waals surface area contributed by atoms with Gasteiger partial charge in [-0.3, -0.25) is 9.69 Å². The summed E-state index contributed by atoms with van der Waals surface area (Å²) in [6.45, 7) is 5.20. The number of carbonyl (C=O) groups excluding carboxylic acids is 1. The molecule has 10 heteroatoms. The fourth-order valence-corrected chi connectivity index (χ4v) is 4.25. The van der Waals surface area contributed by atoms with Crippen LogP contribution in [-0.2, 0) is 21.0 Å². The first-order valence-corrected chi connectivity index (χ1v) is 11.7. The molecule has 0 bridgehead atoms. The number of carbonyl (C=O) groups is 1. The van der Waals surface area contributed by atoms with Crippen LogP contribution in [0.5, 0.6) is 0 Å². The molecule has 0 saturated heterocycles. The number of amides is 1. The zero-order valence-electron chi connectivity index (χ0n) is 18.0. The average molecular weight is 470 g/mol. The number of nitrogens with two attached hydrogens (primary N) is 1. The van der Waals surface area contributed by atoms with Gasteiger partial charge >= 0.3 is 6.18 Å². The van der Waals surface area contributed by atoms with E-state index in [1.54, 1.807) is 26.8 Å². The van der Waals surface area contributed by atoms with Gasteiger partial charge in [0.1, 0.15) is 0 Å². The highest BCUT2D eigenvalue weighted by Crippen LogP contribution is 2.36. The Morgan fingerprint density at radius 1 is 1.22 bits per heavy atom. The third-order valence-corrected chi connectivity index (χ3v) is 6.67. The first-order chi connectivity index (χ1) is 14.8. The topological polar surface area (TPSA) is 92.5 Å². The zero-order chi connectivity index (χ0) is 23.8. The number of halogens is 3. The highest BCUT2D eigenvalue weighted by molar-refractivity contribution is 7.89. The molecular weight excluding hydrogens is 443 g/mol. The van der Waals surface area contributed by atoms with Crippen LogP contribution in [0.25, 0.3) is 0 Å². The van der Waals surface area contributed by atoms with Crippen LogP contribution in [0.3, 0.4) is 0 Å². The molecule has 3 N–H and O–H groups in total. The third kappa shape index (κ3) is 5.67. The summed E-state index contributed by atoms with van der Waals surface area (Å²) in [4.78, 5) is 14.6. The number of benzene rings is 2. The number of sulfonamides is 1. The van der Waals surface area contributed by atoms with E-state index in [1.165, 1.54) is 18.2 Å². The number of primary sulfonamides is 1. The van der Waals surface area contributed by atoms with E-state index in [9.17, 15) is 26.4 Å². The fourth-order valence-electron chi connectivity index (χ4n) is 3.63. The maximum absolute atomic E-state index is 13.1. The van der Waals surface area contributed by atoms with Crippen molar-refractivity contribution in [3.63, 3.8) is 0 Å². The van der Waals surface area contributed by atoms with Crippen LogP contribution in [-0.4, -0.2) is 31.8 Å². The van der Waals surface area contributed by atoms with E-state index in [0.717, 1.165) is 25.0 Å². The van der Waals surface area contributed by atoms with E-state index in [4.69, 9.17) is 5.14 Å². The molecular formula is C22H26F3N3O3S. The number of alkyl halides is 3. The number of nitrogens with one attached hydrogen (secondary N) is 1. The maximum Gasteiger partial charge on any atom is 0.416 e. The number of nitrogens with zero attached hydrogens (tertiary/aromatic N) is 1. The van der Waals surface area contributed by atoms with E-state index in [2.05, 4.69) is 5.32 Å². The first kappa shape index (κ1) is 24.2. The first-order valence-electron chi connectivity index (χ1n) is 10.1. The Morgan fingerprint density at radius 2 is 1.88 bits per heavy atom. The quantitative estimate of drug-likeness (QED) is 0.638. The van der Waals surface area contributed by atoms with Gasteiger partial charge in [-0.2, -0.15) is 13.2 Å². The van der Waals surface area contributed by atoms with Gasteiger partial charge in [0, 0.05) is 17.8 Å². The average Bonchev–Trinajstić information content (AvgIpc) is 3.52. The van der Waals surface area contributed by atoms with Gasteiger partial charge in [-0.15, -0.1) is 0 Å². The van der Waals surface area contributed by atoms with Crippen LogP contribution < -0.4 is 10.5 Å². The predicted octanol–water partition coefficient (Wildman–Crippen LogP) is 4.13.